The van der Waals surface area contributed by atoms with E-state index >= 15 is 0 Å². The number of aliphatic hydroxyl groups is 1. The van der Waals surface area contributed by atoms with Gasteiger partial charge in [-0.3, -0.25) is 14.6 Å². The fraction of sp³-hybridized carbons (Fsp3) is 0.286. The number of benzene rings is 1. The number of Topliss-reactive ketones (excluding diaryl/α,β-unsaturated/α-hetero) is 1. The van der Waals surface area contributed by atoms with Gasteiger partial charge in [0, 0.05) is 23.9 Å². The fourth-order valence-corrected chi connectivity index (χ4v) is 2.82. The summed E-state index contributed by atoms with van der Waals surface area (Å²) in [4.78, 5) is 27.3. The van der Waals surface area contributed by atoms with Crippen LogP contribution in [0.5, 0.6) is 0 Å². The van der Waals surface area contributed by atoms with Crippen LogP contribution in [-0.2, 0) is 9.59 Å². The minimum absolute atomic E-state index is 0.213. The second-order valence-electron chi connectivity index (χ2n) is 6.12. The van der Waals surface area contributed by atoms with Gasteiger partial charge in [-0.2, -0.15) is 0 Å². The molecule has 0 bridgehead atoms. The molecule has 1 aromatic heterocycles. The quantitative estimate of drug-likeness (QED) is 0.709. The lowest BCUT2D eigenvalue weighted by atomic mass is 9.95. The Hall–Kier alpha value is -2.79. The normalized spacial score (nSPS) is 13.5. The van der Waals surface area contributed by atoms with Crippen LogP contribution in [-0.4, -0.2) is 33.1 Å². The van der Waals surface area contributed by atoms with Gasteiger partial charge < -0.3 is 10.2 Å². The zero-order chi connectivity index (χ0) is 19.1. The maximum absolute atomic E-state index is 12.0. The molecule has 0 saturated heterocycles. The Kier molecular flexibility index (Phi) is 6.81. The Morgan fingerprint density at radius 3 is 2.50 bits per heavy atom. The van der Waals surface area contributed by atoms with Crippen LogP contribution in [0.3, 0.4) is 0 Å². The molecule has 5 nitrogen and oxygen atoms in total. The monoisotopic (exact) mass is 353 g/mol. The van der Waals surface area contributed by atoms with E-state index in [-0.39, 0.29) is 12.8 Å². The van der Waals surface area contributed by atoms with Crippen LogP contribution in [0.4, 0.5) is 0 Å². The van der Waals surface area contributed by atoms with Crippen molar-refractivity contribution in [3.8, 4) is 11.1 Å². The van der Waals surface area contributed by atoms with Gasteiger partial charge in [0.15, 0.2) is 0 Å². The number of carbonyl (C=O) groups is 2. The molecule has 1 heterocycles. The summed E-state index contributed by atoms with van der Waals surface area (Å²) >= 11 is 0. The number of rotatable bonds is 8. The molecule has 0 aliphatic heterocycles. The molecule has 2 rings (SSSR count). The Bertz CT molecular complexity index is 799. The second kappa shape index (κ2) is 9.06. The molecule has 26 heavy (non-hydrogen) atoms. The summed E-state index contributed by atoms with van der Waals surface area (Å²) < 4.78 is 0. The Morgan fingerprint density at radius 2 is 1.88 bits per heavy atom. The van der Waals surface area contributed by atoms with Crippen LogP contribution >= 0.6 is 0 Å². The van der Waals surface area contributed by atoms with Crippen LogP contribution in [0.25, 0.3) is 17.2 Å². The van der Waals surface area contributed by atoms with Crippen LogP contribution < -0.4 is 0 Å². The molecular weight excluding hydrogens is 330 g/mol. The third-order valence-electron chi connectivity index (χ3n) is 4.26. The van der Waals surface area contributed by atoms with Crippen molar-refractivity contribution in [1.82, 2.24) is 4.98 Å². The molecule has 1 aromatic carbocycles. The zero-order valence-corrected chi connectivity index (χ0v) is 14.9. The van der Waals surface area contributed by atoms with Gasteiger partial charge in [0.25, 0.3) is 0 Å². The van der Waals surface area contributed by atoms with Gasteiger partial charge in [0.1, 0.15) is 11.7 Å². The standard InChI is InChI=1S/C21H23NO4/c1-3-17(21(25)26)20(24)13-16(23)9-10-18-14(2)22-12-11-19(18)15-7-5-4-6-8-15/h4-12,16-17,23H,3,13H2,1-2H3,(H,25,26). The molecule has 5 heteroatoms. The first-order chi connectivity index (χ1) is 12.4. The molecule has 2 aromatic rings. The number of nitrogens with zero attached hydrogens (tertiary/aromatic N) is 1. The van der Waals surface area contributed by atoms with Crippen molar-refractivity contribution in [2.24, 2.45) is 5.92 Å². The Morgan fingerprint density at radius 1 is 1.19 bits per heavy atom. The number of carboxylic acid groups (broad SMARTS) is 1. The fourth-order valence-electron chi connectivity index (χ4n) is 2.82. The molecule has 136 valence electrons. The van der Waals surface area contributed by atoms with Gasteiger partial charge in [-0.1, -0.05) is 49.4 Å². The number of hydrogen-bond acceptors (Lipinski definition) is 4. The van der Waals surface area contributed by atoms with Gasteiger partial charge >= 0.3 is 5.97 Å². The number of hydrogen-bond donors (Lipinski definition) is 2. The van der Waals surface area contributed by atoms with Gasteiger partial charge in [-0.05, 0) is 30.5 Å². The predicted octanol–water partition coefficient (Wildman–Crippen LogP) is 3.50. The number of aliphatic hydroxyl groups excluding tert-OH is 1. The van der Waals surface area contributed by atoms with E-state index in [0.29, 0.717) is 0 Å². The number of aryl methyl sites for hydroxylation is 1. The maximum Gasteiger partial charge on any atom is 0.314 e. The minimum Gasteiger partial charge on any atom is -0.481 e. The SMILES string of the molecule is CCC(C(=O)O)C(=O)CC(O)C=Cc1c(-c2ccccc2)ccnc1C. The maximum atomic E-state index is 12.0. The highest BCUT2D eigenvalue weighted by atomic mass is 16.4. The van der Waals surface area contributed by atoms with E-state index in [1.165, 1.54) is 6.08 Å². The topological polar surface area (TPSA) is 87.5 Å². The van der Waals surface area contributed by atoms with Gasteiger partial charge in [0.2, 0.25) is 0 Å². The lowest BCUT2D eigenvalue weighted by molar-refractivity contribution is -0.146. The van der Waals surface area contributed by atoms with Crippen molar-refractivity contribution in [2.75, 3.05) is 0 Å². The summed E-state index contributed by atoms with van der Waals surface area (Å²) in [6.45, 7) is 3.52. The molecule has 0 aliphatic rings. The van der Waals surface area contributed by atoms with Crippen molar-refractivity contribution < 1.29 is 19.8 Å². The van der Waals surface area contributed by atoms with Crippen molar-refractivity contribution in [2.45, 2.75) is 32.8 Å². The average molecular weight is 353 g/mol. The van der Waals surface area contributed by atoms with E-state index < -0.39 is 23.8 Å². The molecule has 2 atom stereocenters. The molecule has 0 spiro atoms. The number of ketones is 1. The van der Waals surface area contributed by atoms with Gasteiger partial charge in [-0.25, -0.2) is 0 Å². The molecule has 0 aliphatic carbocycles. The smallest absolute Gasteiger partial charge is 0.314 e. The second-order valence-corrected chi connectivity index (χ2v) is 6.12. The lowest BCUT2D eigenvalue weighted by Gasteiger charge is -2.12. The average Bonchev–Trinajstić information content (AvgIpc) is 2.61. The van der Waals surface area contributed by atoms with E-state index in [1.807, 2.05) is 43.3 Å². The summed E-state index contributed by atoms with van der Waals surface area (Å²) in [6, 6.07) is 11.7. The summed E-state index contributed by atoms with van der Waals surface area (Å²) in [5.41, 5.74) is 3.67. The van der Waals surface area contributed by atoms with Gasteiger partial charge in [-0.15, -0.1) is 0 Å². The highest BCUT2D eigenvalue weighted by Crippen LogP contribution is 2.26. The van der Waals surface area contributed by atoms with Crippen LogP contribution in [0, 0.1) is 12.8 Å². The molecule has 0 fully saturated rings. The predicted molar refractivity (Wildman–Crippen MR) is 100 cm³/mol. The highest BCUT2D eigenvalue weighted by molar-refractivity contribution is 5.98. The molecule has 0 amide bonds. The van der Waals surface area contributed by atoms with Crippen molar-refractivity contribution >= 4 is 17.8 Å². The van der Waals surface area contributed by atoms with Crippen LogP contribution in [0.15, 0.2) is 48.7 Å². The van der Waals surface area contributed by atoms with Crippen LogP contribution in [0.1, 0.15) is 31.0 Å². The first-order valence-electron chi connectivity index (χ1n) is 8.56. The molecule has 0 radical (unpaired) electrons. The summed E-state index contributed by atoms with van der Waals surface area (Å²) in [7, 11) is 0. The molecule has 0 saturated carbocycles. The molecule has 2 unspecified atom stereocenters. The molecule has 2 N–H and O–H groups in total. The van der Waals surface area contributed by atoms with Crippen molar-refractivity contribution in [1.29, 1.82) is 0 Å². The summed E-state index contributed by atoms with van der Waals surface area (Å²) in [6.07, 6.45) is 3.94. The minimum atomic E-state index is -1.15. The van der Waals surface area contributed by atoms with Crippen molar-refractivity contribution in [3.05, 3.63) is 59.9 Å². The van der Waals surface area contributed by atoms with E-state index in [0.717, 1.165) is 22.4 Å². The van der Waals surface area contributed by atoms with Crippen LogP contribution in [0.2, 0.25) is 0 Å². The number of carboxylic acids is 1. The van der Waals surface area contributed by atoms with Gasteiger partial charge in [0.05, 0.1) is 6.10 Å². The van der Waals surface area contributed by atoms with E-state index in [2.05, 4.69) is 4.98 Å². The Labute approximate surface area is 153 Å². The van der Waals surface area contributed by atoms with E-state index in [9.17, 15) is 14.7 Å². The Balaban J connectivity index is 2.20. The van der Waals surface area contributed by atoms with Crippen molar-refractivity contribution in [3.63, 3.8) is 0 Å². The first kappa shape index (κ1) is 19.5. The number of pyridine rings is 1. The zero-order valence-electron chi connectivity index (χ0n) is 14.9. The third-order valence-corrected chi connectivity index (χ3v) is 4.26. The highest BCUT2D eigenvalue weighted by Gasteiger charge is 2.25. The number of carbonyl (C=O) groups excluding carboxylic acids is 1. The third kappa shape index (κ3) is 4.86. The lowest BCUT2D eigenvalue weighted by Crippen LogP contribution is -2.26. The number of aliphatic carboxylic acids is 1. The first-order valence-corrected chi connectivity index (χ1v) is 8.56. The molecular formula is C21H23NO4. The largest absolute Gasteiger partial charge is 0.481 e. The van der Waals surface area contributed by atoms with E-state index in [4.69, 9.17) is 5.11 Å². The summed E-state index contributed by atoms with van der Waals surface area (Å²) in [5.74, 6) is -2.69. The van der Waals surface area contributed by atoms with E-state index in [1.54, 1.807) is 19.2 Å². The number of aromatic nitrogens is 1. The summed E-state index contributed by atoms with van der Waals surface area (Å²) in [5, 5.41) is 19.2.